The average Bonchev–Trinajstić information content (AvgIpc) is 2.48. The molecule has 124 valence electrons. The van der Waals surface area contributed by atoms with E-state index in [1.807, 2.05) is 0 Å². The molecule has 0 aromatic carbocycles. The smallest absolute Gasteiger partial charge is 0.0897 e. The molecule has 4 heteroatoms. The first-order valence-electron chi connectivity index (χ1n) is 8.85. The minimum absolute atomic E-state index is 0.164. The van der Waals surface area contributed by atoms with Gasteiger partial charge in [-0.2, -0.15) is 0 Å². The Kier molecular flexibility index (Phi) is 7.44. The molecule has 3 N–H and O–H groups in total. The second-order valence-electron chi connectivity index (χ2n) is 7.06. The van der Waals surface area contributed by atoms with Crippen molar-refractivity contribution in [3.05, 3.63) is 0 Å². The molecule has 5 atom stereocenters. The third kappa shape index (κ3) is 5.85. The zero-order valence-corrected chi connectivity index (χ0v) is 13.5. The molecule has 2 aliphatic carbocycles. The molecule has 0 radical (unpaired) electrons. The lowest BCUT2D eigenvalue weighted by Crippen LogP contribution is -2.39. The lowest BCUT2D eigenvalue weighted by Gasteiger charge is -2.30. The summed E-state index contributed by atoms with van der Waals surface area (Å²) in [6.07, 6.45) is 9.06. The number of nitrogens with one attached hydrogen (secondary N) is 1. The molecule has 2 rings (SSSR count). The van der Waals surface area contributed by atoms with Gasteiger partial charge < -0.3 is 20.3 Å². The summed E-state index contributed by atoms with van der Waals surface area (Å²) in [7, 11) is 0. The van der Waals surface area contributed by atoms with Crippen LogP contribution in [0.4, 0.5) is 0 Å². The molecule has 0 bridgehead atoms. The molecular formula is C17H33NO3. The fourth-order valence-electron chi connectivity index (χ4n) is 3.68. The van der Waals surface area contributed by atoms with Crippen LogP contribution < -0.4 is 5.32 Å². The van der Waals surface area contributed by atoms with Crippen LogP contribution in [0, 0.1) is 11.8 Å². The number of aliphatic hydroxyl groups is 2. The van der Waals surface area contributed by atoms with Crippen LogP contribution in [0.15, 0.2) is 0 Å². The minimum atomic E-state index is -0.445. The van der Waals surface area contributed by atoms with Crippen molar-refractivity contribution in [3.8, 4) is 0 Å². The molecule has 0 aromatic heterocycles. The Balaban J connectivity index is 1.55. The first-order valence-corrected chi connectivity index (χ1v) is 8.85. The van der Waals surface area contributed by atoms with Gasteiger partial charge in [-0.05, 0) is 37.5 Å². The SMILES string of the molecule is CC1CCCCC1OCC(O)CNCC1CCCCC1O. The fourth-order valence-corrected chi connectivity index (χ4v) is 3.68. The van der Waals surface area contributed by atoms with Crippen LogP contribution in [-0.4, -0.2) is 48.2 Å². The van der Waals surface area contributed by atoms with E-state index >= 15 is 0 Å². The van der Waals surface area contributed by atoms with E-state index in [-0.39, 0.29) is 6.10 Å². The van der Waals surface area contributed by atoms with Gasteiger partial charge in [0.25, 0.3) is 0 Å². The van der Waals surface area contributed by atoms with Gasteiger partial charge in [-0.25, -0.2) is 0 Å². The molecule has 0 aromatic rings. The summed E-state index contributed by atoms with van der Waals surface area (Å²) >= 11 is 0. The number of hydrogen-bond acceptors (Lipinski definition) is 4. The topological polar surface area (TPSA) is 61.7 Å². The predicted octanol–water partition coefficient (Wildman–Crippen LogP) is 2.08. The Hall–Kier alpha value is -0.160. The van der Waals surface area contributed by atoms with E-state index in [2.05, 4.69) is 12.2 Å². The lowest BCUT2D eigenvalue weighted by atomic mass is 9.86. The molecular weight excluding hydrogens is 266 g/mol. The van der Waals surface area contributed by atoms with Crippen LogP contribution in [0.1, 0.15) is 58.3 Å². The predicted molar refractivity (Wildman–Crippen MR) is 84.2 cm³/mol. The Morgan fingerprint density at radius 1 is 1.10 bits per heavy atom. The van der Waals surface area contributed by atoms with Gasteiger partial charge in [-0.3, -0.25) is 0 Å². The van der Waals surface area contributed by atoms with Crippen LogP contribution in [0.25, 0.3) is 0 Å². The van der Waals surface area contributed by atoms with Crippen molar-refractivity contribution in [2.45, 2.75) is 76.6 Å². The van der Waals surface area contributed by atoms with Crippen molar-refractivity contribution < 1.29 is 14.9 Å². The Labute approximate surface area is 129 Å². The quantitative estimate of drug-likeness (QED) is 0.673. The second-order valence-corrected chi connectivity index (χ2v) is 7.06. The van der Waals surface area contributed by atoms with Gasteiger partial charge in [0, 0.05) is 13.1 Å². The Morgan fingerprint density at radius 3 is 2.57 bits per heavy atom. The highest BCUT2D eigenvalue weighted by Gasteiger charge is 2.24. The normalized spacial score (nSPS) is 35.6. The summed E-state index contributed by atoms with van der Waals surface area (Å²) < 4.78 is 5.88. The monoisotopic (exact) mass is 299 g/mol. The van der Waals surface area contributed by atoms with Crippen molar-refractivity contribution in [1.82, 2.24) is 5.32 Å². The highest BCUT2D eigenvalue weighted by molar-refractivity contribution is 4.77. The number of ether oxygens (including phenoxy) is 1. The van der Waals surface area contributed by atoms with Gasteiger partial charge in [0.1, 0.15) is 0 Å². The summed E-state index contributed by atoms with van der Waals surface area (Å²) in [5.74, 6) is 0.974. The summed E-state index contributed by atoms with van der Waals surface area (Å²) in [5.41, 5.74) is 0. The van der Waals surface area contributed by atoms with Crippen LogP contribution in [0.2, 0.25) is 0 Å². The zero-order valence-electron chi connectivity index (χ0n) is 13.5. The van der Waals surface area contributed by atoms with Crippen LogP contribution >= 0.6 is 0 Å². The van der Waals surface area contributed by atoms with E-state index in [1.165, 1.54) is 25.7 Å². The largest absolute Gasteiger partial charge is 0.393 e. The molecule has 0 saturated heterocycles. The van der Waals surface area contributed by atoms with Crippen LogP contribution in [-0.2, 0) is 4.74 Å². The first kappa shape index (κ1) is 17.2. The third-order valence-electron chi connectivity index (χ3n) is 5.19. The Bertz CT molecular complexity index is 287. The minimum Gasteiger partial charge on any atom is -0.393 e. The molecule has 0 spiro atoms. The third-order valence-corrected chi connectivity index (χ3v) is 5.19. The molecule has 2 saturated carbocycles. The van der Waals surface area contributed by atoms with E-state index < -0.39 is 6.10 Å². The molecule has 0 aliphatic heterocycles. The van der Waals surface area contributed by atoms with Crippen molar-refractivity contribution in [2.24, 2.45) is 11.8 Å². The maximum Gasteiger partial charge on any atom is 0.0897 e. The van der Waals surface area contributed by atoms with E-state index in [9.17, 15) is 10.2 Å². The van der Waals surface area contributed by atoms with E-state index in [0.29, 0.717) is 31.1 Å². The van der Waals surface area contributed by atoms with Gasteiger partial charge in [0.2, 0.25) is 0 Å². The molecule has 0 amide bonds. The molecule has 2 fully saturated rings. The van der Waals surface area contributed by atoms with Gasteiger partial charge in [0.05, 0.1) is 24.9 Å². The number of hydrogen-bond donors (Lipinski definition) is 3. The second kappa shape index (κ2) is 9.09. The van der Waals surface area contributed by atoms with Crippen molar-refractivity contribution in [2.75, 3.05) is 19.7 Å². The maximum absolute atomic E-state index is 10.0. The molecule has 5 unspecified atom stereocenters. The molecule has 4 nitrogen and oxygen atoms in total. The maximum atomic E-state index is 10.0. The number of rotatable bonds is 7. The summed E-state index contributed by atoms with van der Waals surface area (Å²) in [6, 6.07) is 0. The lowest BCUT2D eigenvalue weighted by molar-refractivity contribution is -0.0456. The average molecular weight is 299 g/mol. The molecule has 0 heterocycles. The highest BCUT2D eigenvalue weighted by Crippen LogP contribution is 2.26. The van der Waals surface area contributed by atoms with Crippen molar-refractivity contribution in [1.29, 1.82) is 0 Å². The highest BCUT2D eigenvalue weighted by atomic mass is 16.5. The van der Waals surface area contributed by atoms with Crippen LogP contribution in [0.3, 0.4) is 0 Å². The number of aliphatic hydroxyl groups excluding tert-OH is 2. The van der Waals surface area contributed by atoms with Crippen molar-refractivity contribution in [3.63, 3.8) is 0 Å². The summed E-state index contributed by atoms with van der Waals surface area (Å²) in [6.45, 7) is 4.04. The van der Waals surface area contributed by atoms with E-state index in [4.69, 9.17) is 4.74 Å². The standard InChI is InChI=1S/C17H33NO3/c1-13-6-2-5-9-17(13)21-12-15(19)11-18-10-14-7-3-4-8-16(14)20/h13-20H,2-12H2,1H3. The Morgan fingerprint density at radius 2 is 1.81 bits per heavy atom. The van der Waals surface area contributed by atoms with Crippen molar-refractivity contribution >= 4 is 0 Å². The molecule has 21 heavy (non-hydrogen) atoms. The van der Waals surface area contributed by atoms with Gasteiger partial charge in [-0.15, -0.1) is 0 Å². The summed E-state index contributed by atoms with van der Waals surface area (Å²) in [4.78, 5) is 0. The van der Waals surface area contributed by atoms with Gasteiger partial charge in [-0.1, -0.05) is 32.6 Å². The van der Waals surface area contributed by atoms with E-state index in [1.54, 1.807) is 0 Å². The van der Waals surface area contributed by atoms with Gasteiger partial charge >= 0.3 is 0 Å². The fraction of sp³-hybridized carbons (Fsp3) is 1.00. The zero-order chi connectivity index (χ0) is 15.1. The van der Waals surface area contributed by atoms with E-state index in [0.717, 1.165) is 32.2 Å². The van der Waals surface area contributed by atoms with Gasteiger partial charge in [0.15, 0.2) is 0 Å². The molecule has 2 aliphatic rings. The van der Waals surface area contributed by atoms with Crippen LogP contribution in [0.5, 0.6) is 0 Å². The summed E-state index contributed by atoms with van der Waals surface area (Å²) in [5, 5.41) is 23.2. The first-order chi connectivity index (χ1) is 10.2.